The molecule has 2 aromatic heterocycles. The van der Waals surface area contributed by atoms with E-state index in [4.69, 9.17) is 0 Å². The normalized spacial score (nSPS) is 11.5. The summed E-state index contributed by atoms with van der Waals surface area (Å²) < 4.78 is 3.73. The zero-order valence-corrected chi connectivity index (χ0v) is 18.3. The smallest absolute Gasteiger partial charge is 0.329 e. The van der Waals surface area contributed by atoms with Gasteiger partial charge in [-0.3, -0.25) is 18.9 Å². The van der Waals surface area contributed by atoms with E-state index < -0.39 is 11.2 Å². The van der Waals surface area contributed by atoms with Gasteiger partial charge in [-0.05, 0) is 30.7 Å². The first kappa shape index (κ1) is 20.6. The molecular weight excluding hydrogens is 464 g/mol. The van der Waals surface area contributed by atoms with Crippen LogP contribution >= 0.6 is 15.9 Å². The van der Waals surface area contributed by atoms with Crippen molar-refractivity contribution in [3.05, 3.63) is 84.5 Å². The monoisotopic (exact) mass is 482 g/mol. The molecule has 0 bridgehead atoms. The largest absolute Gasteiger partial charge is 0.507 e. The topological polar surface area (TPSA) is 117 Å². The molecule has 0 aliphatic carbocycles. The number of benzene rings is 2. The Morgan fingerprint density at radius 3 is 2.71 bits per heavy atom. The molecule has 3 N–H and O–H groups in total. The van der Waals surface area contributed by atoms with E-state index in [0.717, 1.165) is 15.6 Å². The fourth-order valence-corrected chi connectivity index (χ4v) is 3.52. The van der Waals surface area contributed by atoms with E-state index in [1.807, 2.05) is 31.2 Å². The van der Waals surface area contributed by atoms with Crippen molar-refractivity contribution >= 4 is 39.3 Å². The maximum absolute atomic E-state index is 12.6. The highest BCUT2D eigenvalue weighted by atomic mass is 79.9. The quantitative estimate of drug-likeness (QED) is 0.298. The molecule has 4 rings (SSSR count). The number of aromatic nitrogens is 4. The summed E-state index contributed by atoms with van der Waals surface area (Å²) in [6, 6.07) is 12.9. The highest BCUT2D eigenvalue weighted by Crippen LogP contribution is 2.21. The lowest BCUT2D eigenvalue weighted by molar-refractivity contribution is 0.474. The summed E-state index contributed by atoms with van der Waals surface area (Å²) in [6.07, 6.45) is 1.44. The number of imidazole rings is 1. The van der Waals surface area contributed by atoms with Gasteiger partial charge in [0.05, 0.1) is 12.8 Å². The fraction of sp³-hybridized carbons (Fsp3) is 0.143. The number of H-pyrrole nitrogens is 1. The maximum Gasteiger partial charge on any atom is 0.329 e. The van der Waals surface area contributed by atoms with Gasteiger partial charge in [0.15, 0.2) is 11.2 Å². The number of fused-ring (bicyclic) bond motifs is 1. The molecule has 0 fully saturated rings. The van der Waals surface area contributed by atoms with Crippen LogP contribution in [0.15, 0.2) is 61.6 Å². The molecule has 10 heteroatoms. The molecule has 0 amide bonds. The Labute approximate surface area is 184 Å². The number of hydrazone groups is 1. The molecule has 0 aliphatic heterocycles. The molecule has 0 radical (unpaired) electrons. The SMILES string of the molecule is Cc1ccc(Cn2c(NN=Cc3cc(Br)ccc3O)nc3c2c(=O)[nH]c(=O)n3C)cc1. The number of phenols is 1. The Kier molecular flexibility index (Phi) is 5.47. The lowest BCUT2D eigenvalue weighted by Gasteiger charge is -2.09. The summed E-state index contributed by atoms with van der Waals surface area (Å²) in [4.78, 5) is 31.3. The number of hydrogen-bond donors (Lipinski definition) is 3. The molecule has 0 aliphatic rings. The standard InChI is InChI=1S/C21H19BrN6O3/c1-12-3-5-13(6-4-12)11-28-17-18(27(2)21(31)25-19(17)30)24-20(28)26-23-10-14-9-15(22)7-8-16(14)29/h3-10,29H,11H2,1-2H3,(H,24,26)(H,25,30,31). The van der Waals surface area contributed by atoms with Crippen molar-refractivity contribution in [1.29, 1.82) is 0 Å². The second-order valence-electron chi connectivity index (χ2n) is 7.07. The third-order valence-electron chi connectivity index (χ3n) is 4.83. The number of halogens is 1. The number of rotatable bonds is 5. The Balaban J connectivity index is 1.78. The predicted octanol–water partition coefficient (Wildman–Crippen LogP) is 2.69. The molecule has 0 saturated heterocycles. The van der Waals surface area contributed by atoms with Gasteiger partial charge in [0.1, 0.15) is 5.75 Å². The molecular formula is C21H19BrN6O3. The molecule has 0 atom stereocenters. The predicted molar refractivity (Wildman–Crippen MR) is 123 cm³/mol. The summed E-state index contributed by atoms with van der Waals surface area (Å²) in [5, 5.41) is 14.1. The van der Waals surface area contributed by atoms with Crippen molar-refractivity contribution in [1.82, 2.24) is 19.1 Å². The summed E-state index contributed by atoms with van der Waals surface area (Å²) >= 11 is 3.35. The van der Waals surface area contributed by atoms with Gasteiger partial charge in [0.25, 0.3) is 5.56 Å². The molecule has 2 aromatic carbocycles. The molecule has 0 unspecified atom stereocenters. The number of nitrogens with zero attached hydrogens (tertiary/aromatic N) is 4. The maximum atomic E-state index is 12.6. The van der Waals surface area contributed by atoms with Crippen LogP contribution in [0, 0.1) is 6.92 Å². The van der Waals surface area contributed by atoms with E-state index in [2.05, 4.69) is 36.4 Å². The average molecular weight is 483 g/mol. The van der Waals surface area contributed by atoms with E-state index in [1.54, 1.807) is 22.8 Å². The summed E-state index contributed by atoms with van der Waals surface area (Å²) in [5.74, 6) is 0.355. The summed E-state index contributed by atoms with van der Waals surface area (Å²) in [5.41, 5.74) is 4.82. The van der Waals surface area contributed by atoms with Crippen LogP contribution in [0.1, 0.15) is 16.7 Å². The summed E-state index contributed by atoms with van der Waals surface area (Å²) in [6.45, 7) is 2.34. The van der Waals surface area contributed by atoms with Crippen molar-refractivity contribution in [3.8, 4) is 5.75 Å². The number of anilines is 1. The first-order valence-corrected chi connectivity index (χ1v) is 10.2. The van der Waals surface area contributed by atoms with Crippen LogP contribution in [0.2, 0.25) is 0 Å². The fourth-order valence-electron chi connectivity index (χ4n) is 3.14. The van der Waals surface area contributed by atoms with Crippen molar-refractivity contribution < 1.29 is 5.11 Å². The summed E-state index contributed by atoms with van der Waals surface area (Å²) in [7, 11) is 1.54. The third kappa shape index (κ3) is 4.15. The Morgan fingerprint density at radius 1 is 1.23 bits per heavy atom. The number of nitrogens with one attached hydrogen (secondary N) is 2. The second kappa shape index (κ2) is 8.23. The van der Waals surface area contributed by atoms with Gasteiger partial charge in [-0.2, -0.15) is 10.1 Å². The van der Waals surface area contributed by atoms with Gasteiger partial charge in [-0.1, -0.05) is 45.8 Å². The van der Waals surface area contributed by atoms with Crippen molar-refractivity contribution in [2.75, 3.05) is 5.43 Å². The second-order valence-corrected chi connectivity index (χ2v) is 7.99. The van der Waals surface area contributed by atoms with Crippen LogP contribution in [0.25, 0.3) is 11.2 Å². The zero-order valence-electron chi connectivity index (χ0n) is 16.8. The van der Waals surface area contributed by atoms with Crippen LogP contribution in [-0.2, 0) is 13.6 Å². The highest BCUT2D eigenvalue weighted by molar-refractivity contribution is 9.10. The van der Waals surface area contributed by atoms with Crippen LogP contribution in [-0.4, -0.2) is 30.4 Å². The number of aryl methyl sites for hydroxylation is 2. The van der Waals surface area contributed by atoms with Gasteiger partial charge < -0.3 is 5.11 Å². The molecule has 0 saturated carbocycles. The molecule has 158 valence electrons. The van der Waals surface area contributed by atoms with Crippen molar-refractivity contribution in [2.45, 2.75) is 13.5 Å². The average Bonchev–Trinajstić information content (AvgIpc) is 3.09. The van der Waals surface area contributed by atoms with E-state index in [1.165, 1.54) is 17.8 Å². The minimum atomic E-state index is -0.549. The van der Waals surface area contributed by atoms with Gasteiger partial charge in [0, 0.05) is 17.1 Å². The van der Waals surface area contributed by atoms with Crippen molar-refractivity contribution in [3.63, 3.8) is 0 Å². The zero-order chi connectivity index (χ0) is 22.1. The molecule has 0 spiro atoms. The number of phenolic OH excluding ortho intramolecular Hbond substituents is 1. The molecule has 2 heterocycles. The minimum Gasteiger partial charge on any atom is -0.507 e. The van der Waals surface area contributed by atoms with E-state index in [9.17, 15) is 14.7 Å². The lowest BCUT2D eigenvalue weighted by Crippen LogP contribution is -2.29. The third-order valence-corrected chi connectivity index (χ3v) is 5.32. The highest BCUT2D eigenvalue weighted by Gasteiger charge is 2.17. The van der Waals surface area contributed by atoms with Gasteiger partial charge in [-0.15, -0.1) is 0 Å². The number of hydrogen-bond acceptors (Lipinski definition) is 6. The molecule has 9 nitrogen and oxygen atoms in total. The van der Waals surface area contributed by atoms with Gasteiger partial charge in [0.2, 0.25) is 5.95 Å². The number of aromatic hydroxyl groups is 1. The van der Waals surface area contributed by atoms with Gasteiger partial charge >= 0.3 is 5.69 Å². The first-order chi connectivity index (χ1) is 14.8. The van der Waals surface area contributed by atoms with E-state index in [0.29, 0.717) is 12.1 Å². The van der Waals surface area contributed by atoms with Crippen LogP contribution in [0.3, 0.4) is 0 Å². The van der Waals surface area contributed by atoms with Crippen LogP contribution in [0.5, 0.6) is 5.75 Å². The Bertz CT molecular complexity index is 1420. The van der Waals surface area contributed by atoms with Crippen LogP contribution < -0.4 is 16.7 Å². The minimum absolute atomic E-state index is 0.0701. The van der Waals surface area contributed by atoms with E-state index in [-0.39, 0.29) is 22.9 Å². The van der Waals surface area contributed by atoms with Crippen LogP contribution in [0.4, 0.5) is 5.95 Å². The lowest BCUT2D eigenvalue weighted by atomic mass is 10.1. The first-order valence-electron chi connectivity index (χ1n) is 9.36. The van der Waals surface area contributed by atoms with Gasteiger partial charge in [-0.25, -0.2) is 10.2 Å². The number of aromatic amines is 1. The Hall–Kier alpha value is -3.66. The molecule has 4 aromatic rings. The molecule has 31 heavy (non-hydrogen) atoms. The van der Waals surface area contributed by atoms with E-state index >= 15 is 0 Å². The van der Waals surface area contributed by atoms with Crippen molar-refractivity contribution in [2.24, 2.45) is 12.1 Å². The Morgan fingerprint density at radius 2 is 1.97 bits per heavy atom.